The van der Waals surface area contributed by atoms with E-state index in [1.54, 1.807) is 6.92 Å². The third-order valence-electron chi connectivity index (χ3n) is 6.77. The second-order valence-electron chi connectivity index (χ2n) is 9.64. The molecule has 38 heavy (non-hydrogen) atoms. The first-order valence-corrected chi connectivity index (χ1v) is 12.4. The van der Waals surface area contributed by atoms with Gasteiger partial charge < -0.3 is 69.5 Å². The van der Waals surface area contributed by atoms with Gasteiger partial charge >= 0.3 is 0 Å². The number of rotatable bonds is 9. The van der Waals surface area contributed by atoms with E-state index in [2.05, 4.69) is 11.9 Å². The van der Waals surface area contributed by atoms with Crippen LogP contribution in [0.2, 0.25) is 0 Å². The molecule has 3 rings (SSSR count). The molecular formula is C23H39NO14. The van der Waals surface area contributed by atoms with Gasteiger partial charge in [0.25, 0.3) is 0 Å². The quantitative estimate of drug-likeness (QED) is 0.127. The van der Waals surface area contributed by atoms with Gasteiger partial charge in [-0.1, -0.05) is 6.08 Å². The summed E-state index contributed by atoms with van der Waals surface area (Å²) in [5.41, 5.74) is 0. The topological polar surface area (TPSA) is 226 Å². The Morgan fingerprint density at radius 1 is 0.816 bits per heavy atom. The van der Waals surface area contributed by atoms with Gasteiger partial charge in [0.1, 0.15) is 61.0 Å². The fraction of sp³-hybridized carbons (Fsp3) is 0.870. The highest BCUT2D eigenvalue weighted by Crippen LogP contribution is 2.32. The largest absolute Gasteiger partial charge is 0.394 e. The number of hydrogen-bond acceptors (Lipinski definition) is 14. The van der Waals surface area contributed by atoms with Crippen LogP contribution in [0.4, 0.5) is 0 Å². The highest BCUT2D eigenvalue weighted by Gasteiger charge is 2.53. The molecule has 0 aromatic carbocycles. The molecule has 0 radical (unpaired) electrons. The average Bonchev–Trinajstić information content (AvgIpc) is 2.87. The van der Waals surface area contributed by atoms with Crippen LogP contribution in [0.25, 0.3) is 0 Å². The number of ether oxygens (including phenoxy) is 6. The Balaban J connectivity index is 1.85. The van der Waals surface area contributed by atoms with E-state index < -0.39 is 105 Å². The summed E-state index contributed by atoms with van der Waals surface area (Å²) in [6.45, 7) is 7.03. The number of aliphatic hydroxyl groups excluding tert-OH is 7. The Kier molecular flexibility index (Phi) is 11.0. The predicted octanol–water partition coefficient (Wildman–Crippen LogP) is -4.16. The first kappa shape index (κ1) is 31.2. The van der Waals surface area contributed by atoms with E-state index >= 15 is 0 Å². The lowest BCUT2D eigenvalue weighted by Gasteiger charge is -2.49. The molecule has 15 atom stereocenters. The molecule has 3 aliphatic heterocycles. The van der Waals surface area contributed by atoms with Crippen molar-refractivity contribution in [3.63, 3.8) is 0 Å². The van der Waals surface area contributed by atoms with Gasteiger partial charge in [0.05, 0.1) is 25.4 Å². The molecule has 0 aromatic heterocycles. The van der Waals surface area contributed by atoms with Crippen LogP contribution in [-0.4, -0.2) is 147 Å². The number of carbonyl (C=O) groups excluding carboxylic acids is 1. The molecule has 15 heteroatoms. The molecule has 0 aliphatic carbocycles. The Morgan fingerprint density at radius 2 is 1.42 bits per heavy atom. The summed E-state index contributed by atoms with van der Waals surface area (Å²) in [6.07, 6.45) is -17.9. The van der Waals surface area contributed by atoms with E-state index in [1.165, 1.54) is 19.9 Å². The van der Waals surface area contributed by atoms with Gasteiger partial charge in [-0.2, -0.15) is 0 Å². The van der Waals surface area contributed by atoms with Crippen LogP contribution in [-0.2, 0) is 33.2 Å². The van der Waals surface area contributed by atoms with Crippen LogP contribution in [0.1, 0.15) is 20.8 Å². The maximum Gasteiger partial charge on any atom is 0.217 e. The normalized spacial score (nSPS) is 47.9. The van der Waals surface area contributed by atoms with Crippen LogP contribution in [0, 0.1) is 0 Å². The van der Waals surface area contributed by atoms with Gasteiger partial charge in [-0.3, -0.25) is 4.79 Å². The smallest absolute Gasteiger partial charge is 0.217 e. The maximum absolute atomic E-state index is 12.1. The van der Waals surface area contributed by atoms with E-state index in [4.69, 9.17) is 28.4 Å². The molecule has 0 spiro atoms. The Morgan fingerprint density at radius 3 is 2.03 bits per heavy atom. The Hall–Kier alpha value is -1.31. The van der Waals surface area contributed by atoms with Crippen molar-refractivity contribution in [2.45, 2.75) is 113 Å². The fourth-order valence-corrected chi connectivity index (χ4v) is 4.66. The van der Waals surface area contributed by atoms with Gasteiger partial charge in [0.2, 0.25) is 5.91 Å². The zero-order valence-corrected chi connectivity index (χ0v) is 21.3. The van der Waals surface area contributed by atoms with Crippen LogP contribution in [0.3, 0.4) is 0 Å². The van der Waals surface area contributed by atoms with Gasteiger partial charge in [-0.25, -0.2) is 0 Å². The third kappa shape index (κ3) is 6.69. The monoisotopic (exact) mass is 553 g/mol. The summed E-state index contributed by atoms with van der Waals surface area (Å²) in [5.74, 6) is -0.587. The molecule has 1 amide bonds. The molecule has 3 fully saturated rings. The zero-order valence-electron chi connectivity index (χ0n) is 21.3. The highest BCUT2D eigenvalue weighted by atomic mass is 16.7. The Labute approximate surface area is 219 Å². The zero-order chi connectivity index (χ0) is 28.3. The minimum Gasteiger partial charge on any atom is -0.394 e. The Bertz CT molecular complexity index is 789. The number of amides is 1. The summed E-state index contributed by atoms with van der Waals surface area (Å²) in [5, 5.41) is 75.0. The summed E-state index contributed by atoms with van der Waals surface area (Å²) < 4.78 is 33.8. The molecular weight excluding hydrogens is 514 g/mol. The number of nitrogens with one attached hydrogen (secondary N) is 1. The third-order valence-corrected chi connectivity index (χ3v) is 6.77. The van der Waals surface area contributed by atoms with Gasteiger partial charge in [-0.15, -0.1) is 6.58 Å². The average molecular weight is 554 g/mol. The van der Waals surface area contributed by atoms with Crippen molar-refractivity contribution in [2.24, 2.45) is 0 Å². The minimum absolute atomic E-state index is 0.0531. The molecule has 3 saturated heterocycles. The van der Waals surface area contributed by atoms with Crippen molar-refractivity contribution >= 4 is 5.91 Å². The highest BCUT2D eigenvalue weighted by molar-refractivity contribution is 5.73. The molecule has 3 aliphatic rings. The number of hydrogen-bond donors (Lipinski definition) is 8. The van der Waals surface area contributed by atoms with Crippen LogP contribution in [0.5, 0.6) is 0 Å². The van der Waals surface area contributed by atoms with Crippen molar-refractivity contribution in [3.05, 3.63) is 12.7 Å². The maximum atomic E-state index is 12.1. The first-order chi connectivity index (χ1) is 17.9. The van der Waals surface area contributed by atoms with Gasteiger partial charge in [0, 0.05) is 6.92 Å². The SMILES string of the molecule is C=CCO[C@@H]1O[C@@H](C)[C@H](O[C@@H]2O[C@H](CO)[C@@H](O)[C@H](O[C@@H]3O[C@@H](C)[C@H](O)[C@@H](O)[C@H]3O)[C@H]2NC(C)=O)[C@@H](O)[C@H]1O. The summed E-state index contributed by atoms with van der Waals surface area (Å²) in [7, 11) is 0. The fourth-order valence-electron chi connectivity index (χ4n) is 4.66. The molecule has 3 heterocycles. The second kappa shape index (κ2) is 13.4. The molecule has 0 bridgehead atoms. The van der Waals surface area contributed by atoms with Crippen LogP contribution >= 0.6 is 0 Å². The molecule has 0 unspecified atom stereocenters. The van der Waals surface area contributed by atoms with E-state index in [0.717, 1.165) is 0 Å². The molecule has 15 nitrogen and oxygen atoms in total. The summed E-state index contributed by atoms with van der Waals surface area (Å²) in [4.78, 5) is 12.1. The van der Waals surface area contributed by atoms with Gasteiger partial charge in [0.15, 0.2) is 18.9 Å². The lowest BCUT2D eigenvalue weighted by molar-refractivity contribution is -0.361. The van der Waals surface area contributed by atoms with E-state index in [-0.39, 0.29) is 6.61 Å². The van der Waals surface area contributed by atoms with Crippen molar-refractivity contribution in [2.75, 3.05) is 13.2 Å². The summed E-state index contributed by atoms with van der Waals surface area (Å²) >= 11 is 0. The standard InChI is InChI=1S/C23H39NO14/c1-5-6-33-22-18(32)16(30)19(9(3)35-22)37-21-12(24-10(4)26)20(14(28)11(7-25)36-21)38-23-17(31)15(29)13(27)8(2)34-23/h5,8-9,11-23,25,27-32H,1,6-7H2,2-4H3,(H,24,26)/t8-,9-,11+,12+,13-,14+,15+,16-,17+,18+,19-,20+,21-,22+,23-/m0/s1. The second-order valence-corrected chi connectivity index (χ2v) is 9.64. The predicted molar refractivity (Wildman–Crippen MR) is 124 cm³/mol. The number of aliphatic hydroxyl groups is 7. The van der Waals surface area contributed by atoms with Crippen LogP contribution < -0.4 is 5.32 Å². The summed E-state index contributed by atoms with van der Waals surface area (Å²) in [6, 6.07) is -1.30. The first-order valence-electron chi connectivity index (χ1n) is 12.4. The lowest BCUT2D eigenvalue weighted by Crippen LogP contribution is -2.69. The molecule has 0 aromatic rings. The van der Waals surface area contributed by atoms with Crippen molar-refractivity contribution in [3.8, 4) is 0 Å². The number of carbonyl (C=O) groups is 1. The van der Waals surface area contributed by atoms with Gasteiger partial charge in [-0.05, 0) is 13.8 Å². The lowest BCUT2D eigenvalue weighted by atomic mass is 9.94. The molecule has 0 saturated carbocycles. The van der Waals surface area contributed by atoms with E-state index in [0.29, 0.717) is 0 Å². The van der Waals surface area contributed by atoms with Crippen molar-refractivity contribution in [1.29, 1.82) is 0 Å². The van der Waals surface area contributed by atoms with Crippen molar-refractivity contribution in [1.82, 2.24) is 5.32 Å². The van der Waals surface area contributed by atoms with Crippen LogP contribution in [0.15, 0.2) is 12.7 Å². The van der Waals surface area contributed by atoms with Crippen molar-refractivity contribution < 1.29 is 69.0 Å². The molecule has 220 valence electrons. The van der Waals surface area contributed by atoms with E-state index in [1.807, 2.05) is 0 Å². The van der Waals surface area contributed by atoms with E-state index in [9.17, 15) is 40.5 Å². The molecule has 8 N–H and O–H groups in total. The minimum atomic E-state index is -1.72.